The molecule has 1 amide bonds. The fraction of sp³-hybridized carbons (Fsp3) is 0.143. The summed E-state index contributed by atoms with van der Waals surface area (Å²) in [7, 11) is 1.14. The lowest BCUT2D eigenvalue weighted by Crippen LogP contribution is -2.23. The summed E-state index contributed by atoms with van der Waals surface area (Å²) in [5.41, 5.74) is 5.05. The number of nitrogens with two attached hydrogens (primary N) is 1. The zero-order valence-corrected chi connectivity index (χ0v) is 17.1. The van der Waals surface area contributed by atoms with Crippen LogP contribution in [0.15, 0.2) is 51.8 Å². The molecule has 1 atom stereocenters. The number of nitrogens with one attached hydrogen (secondary N) is 1. The first-order valence-corrected chi connectivity index (χ1v) is 9.97. The number of carbonyl (C=O) groups is 2. The topological polar surface area (TPSA) is 149 Å². The molecule has 31 heavy (non-hydrogen) atoms. The molecule has 0 spiro atoms. The van der Waals surface area contributed by atoms with Crippen LogP contribution in [0.2, 0.25) is 0 Å². The van der Waals surface area contributed by atoms with Gasteiger partial charge in [-0.2, -0.15) is 0 Å². The van der Waals surface area contributed by atoms with Gasteiger partial charge in [0.1, 0.15) is 17.1 Å². The van der Waals surface area contributed by atoms with Gasteiger partial charge >= 0.3 is 5.97 Å². The molecule has 10 heteroatoms. The number of rotatable bonds is 6. The van der Waals surface area contributed by atoms with Crippen LogP contribution in [0.5, 0.6) is 5.75 Å². The van der Waals surface area contributed by atoms with Crippen molar-refractivity contribution in [2.24, 2.45) is 5.73 Å². The first kappa shape index (κ1) is 20.4. The number of furan rings is 1. The number of primary amides is 1. The molecule has 0 saturated heterocycles. The standard InChI is InChI=1S/C21H17N3O6S/c1-29-21(28)11-9-23-19(27)17(18(11)26)10(8-16(22)25)13-6-7-14(30-13)20-24-12-4-2-3-5-15(12)31-20/h2-7,9-10H,8H2,1H3,(H2,22,25)(H2,23,26,27)/t10-/m1/s1. The third kappa shape index (κ3) is 3.80. The van der Waals surface area contributed by atoms with Crippen molar-refractivity contribution in [3.8, 4) is 16.5 Å². The Labute approximate surface area is 179 Å². The normalized spacial score (nSPS) is 12.0. The van der Waals surface area contributed by atoms with Gasteiger partial charge < -0.3 is 25.0 Å². The molecule has 0 aliphatic rings. The van der Waals surface area contributed by atoms with E-state index in [1.807, 2.05) is 24.3 Å². The number of hydrogen-bond acceptors (Lipinski definition) is 8. The van der Waals surface area contributed by atoms with Crippen LogP contribution in [-0.2, 0) is 9.53 Å². The van der Waals surface area contributed by atoms with Crippen LogP contribution >= 0.6 is 11.3 Å². The first-order valence-electron chi connectivity index (χ1n) is 9.16. The summed E-state index contributed by atoms with van der Waals surface area (Å²) in [6.45, 7) is 0. The monoisotopic (exact) mass is 439 g/mol. The van der Waals surface area contributed by atoms with Crippen molar-refractivity contribution in [1.82, 2.24) is 9.97 Å². The number of fused-ring (bicyclic) bond motifs is 1. The molecule has 9 nitrogen and oxygen atoms in total. The lowest BCUT2D eigenvalue weighted by atomic mass is 9.92. The second-order valence-electron chi connectivity index (χ2n) is 6.70. The van der Waals surface area contributed by atoms with E-state index >= 15 is 0 Å². The Morgan fingerprint density at radius 3 is 2.77 bits per heavy atom. The number of ether oxygens (including phenoxy) is 1. The molecule has 3 heterocycles. The van der Waals surface area contributed by atoms with Gasteiger partial charge in [0, 0.05) is 12.6 Å². The van der Waals surface area contributed by atoms with Gasteiger partial charge in [-0.05, 0) is 24.3 Å². The van der Waals surface area contributed by atoms with Gasteiger partial charge in [-0.25, -0.2) is 9.78 Å². The predicted molar refractivity (Wildman–Crippen MR) is 113 cm³/mol. The van der Waals surface area contributed by atoms with Gasteiger partial charge in [0.05, 0.1) is 28.8 Å². The Bertz CT molecular complexity index is 1320. The van der Waals surface area contributed by atoms with E-state index in [-0.39, 0.29) is 23.3 Å². The smallest absolute Gasteiger partial charge is 0.343 e. The van der Waals surface area contributed by atoms with E-state index in [9.17, 15) is 19.5 Å². The fourth-order valence-corrected chi connectivity index (χ4v) is 4.23. The van der Waals surface area contributed by atoms with Crippen molar-refractivity contribution in [3.63, 3.8) is 0 Å². The predicted octanol–water partition coefficient (Wildman–Crippen LogP) is 2.74. The van der Waals surface area contributed by atoms with Crippen LogP contribution in [-0.4, -0.2) is 34.1 Å². The van der Waals surface area contributed by atoms with Crippen LogP contribution in [0, 0.1) is 0 Å². The number of hydrogen-bond donors (Lipinski definition) is 3. The largest absolute Gasteiger partial charge is 0.506 e. The molecular formula is C21H17N3O6S. The average Bonchev–Trinajstić information content (AvgIpc) is 3.39. The van der Waals surface area contributed by atoms with E-state index in [1.54, 1.807) is 12.1 Å². The number of methoxy groups -OCH3 is 1. The number of amides is 1. The molecule has 0 saturated carbocycles. The molecule has 0 aliphatic carbocycles. The SMILES string of the molecule is COC(=O)c1c[nH]c(=O)c([C@H](CC(N)=O)c2ccc(-c3nc4ccccc4s3)o2)c1O. The number of carbonyl (C=O) groups excluding carboxylic acids is 2. The van der Waals surface area contributed by atoms with Gasteiger partial charge in [-0.3, -0.25) is 9.59 Å². The van der Waals surface area contributed by atoms with E-state index in [1.165, 1.54) is 11.3 Å². The minimum atomic E-state index is -1.02. The highest BCUT2D eigenvalue weighted by Crippen LogP contribution is 2.37. The Kier molecular flexibility index (Phi) is 5.30. The molecule has 4 rings (SSSR count). The zero-order chi connectivity index (χ0) is 22.1. The molecule has 0 bridgehead atoms. The summed E-state index contributed by atoms with van der Waals surface area (Å²) in [6, 6.07) is 10.8. The maximum atomic E-state index is 12.5. The number of nitrogens with zero attached hydrogens (tertiary/aromatic N) is 1. The summed E-state index contributed by atoms with van der Waals surface area (Å²) in [5, 5.41) is 11.2. The number of aromatic amines is 1. The second kappa shape index (κ2) is 8.07. The minimum Gasteiger partial charge on any atom is -0.506 e. The van der Waals surface area contributed by atoms with Crippen molar-refractivity contribution in [3.05, 3.63) is 69.8 Å². The van der Waals surface area contributed by atoms with Crippen LogP contribution in [0.3, 0.4) is 0 Å². The number of aromatic hydroxyl groups is 1. The van der Waals surface area contributed by atoms with Crippen LogP contribution in [0.1, 0.15) is 34.0 Å². The molecule has 0 unspecified atom stereocenters. The number of H-pyrrole nitrogens is 1. The maximum absolute atomic E-state index is 12.5. The fourth-order valence-electron chi connectivity index (χ4n) is 3.30. The molecule has 0 aliphatic heterocycles. The van der Waals surface area contributed by atoms with Crippen molar-refractivity contribution >= 4 is 33.4 Å². The average molecular weight is 439 g/mol. The summed E-state index contributed by atoms with van der Waals surface area (Å²) >= 11 is 1.43. The van der Waals surface area contributed by atoms with E-state index in [0.29, 0.717) is 10.8 Å². The molecule has 3 aromatic heterocycles. The lowest BCUT2D eigenvalue weighted by molar-refractivity contribution is -0.118. The van der Waals surface area contributed by atoms with Crippen molar-refractivity contribution in [1.29, 1.82) is 0 Å². The second-order valence-corrected chi connectivity index (χ2v) is 7.73. The van der Waals surface area contributed by atoms with Crippen LogP contribution in [0.25, 0.3) is 21.0 Å². The number of benzene rings is 1. The number of para-hydroxylation sites is 1. The lowest BCUT2D eigenvalue weighted by Gasteiger charge is -2.15. The van der Waals surface area contributed by atoms with E-state index in [2.05, 4.69) is 14.7 Å². The van der Waals surface area contributed by atoms with Crippen molar-refractivity contribution in [2.45, 2.75) is 12.3 Å². The molecular weight excluding hydrogens is 422 g/mol. The van der Waals surface area contributed by atoms with E-state index in [0.717, 1.165) is 23.5 Å². The Morgan fingerprint density at radius 1 is 1.29 bits per heavy atom. The summed E-state index contributed by atoms with van der Waals surface area (Å²) in [6.07, 6.45) is 0.719. The van der Waals surface area contributed by atoms with E-state index < -0.39 is 29.1 Å². The Balaban J connectivity index is 1.81. The molecule has 4 N–H and O–H groups in total. The van der Waals surface area contributed by atoms with E-state index in [4.69, 9.17) is 10.2 Å². The number of aromatic nitrogens is 2. The molecule has 4 aromatic rings. The van der Waals surface area contributed by atoms with Gasteiger partial charge in [0.2, 0.25) is 5.91 Å². The van der Waals surface area contributed by atoms with Crippen molar-refractivity contribution in [2.75, 3.05) is 7.11 Å². The van der Waals surface area contributed by atoms with Gasteiger partial charge in [0.25, 0.3) is 5.56 Å². The minimum absolute atomic E-state index is 0.216. The van der Waals surface area contributed by atoms with Crippen molar-refractivity contribution < 1.29 is 23.8 Å². The first-order chi connectivity index (χ1) is 14.9. The van der Waals surface area contributed by atoms with Gasteiger partial charge in [-0.1, -0.05) is 12.1 Å². The quantitative estimate of drug-likeness (QED) is 0.391. The van der Waals surface area contributed by atoms with Gasteiger partial charge in [-0.15, -0.1) is 11.3 Å². The highest BCUT2D eigenvalue weighted by Gasteiger charge is 2.30. The summed E-state index contributed by atoms with van der Waals surface area (Å²) in [4.78, 5) is 43.1. The highest BCUT2D eigenvalue weighted by atomic mass is 32.1. The Morgan fingerprint density at radius 2 is 2.06 bits per heavy atom. The molecule has 158 valence electrons. The third-order valence-corrected chi connectivity index (χ3v) is 5.79. The van der Waals surface area contributed by atoms with Crippen LogP contribution < -0.4 is 11.3 Å². The summed E-state index contributed by atoms with van der Waals surface area (Å²) in [5.74, 6) is -2.53. The van der Waals surface area contributed by atoms with Gasteiger partial charge in [0.15, 0.2) is 10.8 Å². The number of thiazole rings is 1. The third-order valence-electron chi connectivity index (χ3n) is 4.74. The Hall–Kier alpha value is -3.92. The summed E-state index contributed by atoms with van der Waals surface area (Å²) < 4.78 is 11.5. The number of esters is 1. The zero-order valence-electron chi connectivity index (χ0n) is 16.2. The maximum Gasteiger partial charge on any atom is 0.343 e. The highest BCUT2D eigenvalue weighted by molar-refractivity contribution is 7.21. The molecule has 0 radical (unpaired) electrons. The molecule has 1 aromatic carbocycles. The van der Waals surface area contributed by atoms with Crippen LogP contribution in [0.4, 0.5) is 0 Å². The number of pyridine rings is 1. The molecule has 0 fully saturated rings.